The Kier molecular flexibility index (Phi) is 32.6. The maximum absolute atomic E-state index is 13.0. The minimum absolute atomic E-state index is 0.233. The van der Waals surface area contributed by atoms with Gasteiger partial charge in [-0.1, -0.05) is 120 Å². The second-order valence-electron chi connectivity index (χ2n) is 15.4. The van der Waals surface area contributed by atoms with Gasteiger partial charge in [0.05, 0.1) is 25.4 Å². The normalized spacial score (nSPS) is 22.8. The molecule has 9 atom stereocenters. The number of rotatable bonds is 35. The smallest absolute Gasteiger partial charge is 0.249 e. The van der Waals surface area contributed by atoms with Gasteiger partial charge in [0, 0.05) is 0 Å². The molecular formula is C45H81NO10. The Labute approximate surface area is 339 Å². The minimum Gasteiger partial charge on any atom is -0.394 e. The zero-order valence-electron chi connectivity index (χ0n) is 34.8. The molecule has 0 spiro atoms. The number of nitrogens with one attached hydrogen (secondary N) is 1. The first kappa shape index (κ1) is 52.1. The maximum atomic E-state index is 13.0. The van der Waals surface area contributed by atoms with E-state index >= 15 is 0 Å². The number of allylic oxidation sites excluding steroid dienone is 8. The molecule has 1 fully saturated rings. The highest BCUT2D eigenvalue weighted by Gasteiger charge is 2.44. The van der Waals surface area contributed by atoms with Crippen molar-refractivity contribution in [1.82, 2.24) is 5.32 Å². The molecule has 0 bridgehead atoms. The van der Waals surface area contributed by atoms with Crippen molar-refractivity contribution in [2.75, 3.05) is 13.2 Å². The molecule has 56 heavy (non-hydrogen) atoms. The van der Waals surface area contributed by atoms with E-state index < -0.39 is 74.2 Å². The Balaban J connectivity index is 2.54. The van der Waals surface area contributed by atoms with Gasteiger partial charge in [0.2, 0.25) is 5.91 Å². The lowest BCUT2D eigenvalue weighted by Crippen LogP contribution is -2.60. The van der Waals surface area contributed by atoms with Gasteiger partial charge in [-0.15, -0.1) is 0 Å². The molecule has 1 rings (SSSR count). The van der Waals surface area contributed by atoms with Crippen molar-refractivity contribution in [3.05, 3.63) is 48.6 Å². The van der Waals surface area contributed by atoms with Gasteiger partial charge in [0.25, 0.3) is 0 Å². The number of hydrogen-bond donors (Lipinski definition) is 8. The standard InChI is InChI=1S/C45H81NO10/c1-3-5-7-9-11-13-15-16-17-18-19-20-21-23-24-26-28-30-32-37(48)40(50)36(35-55-45-43(53)42(52)41(51)39(34-47)56-45)46-44(54)38(49)33-31-29-27-25-22-14-12-10-8-6-4-2/h12,14-16,19-20,24,26,36-43,45,47-53H,3-11,13,17-18,21-23,25,27-35H2,1-2H3,(H,46,54)/b14-12-,16-15+,20-19+,26-24+. The van der Waals surface area contributed by atoms with Crippen LogP contribution in [0.5, 0.6) is 0 Å². The predicted octanol–water partition coefficient (Wildman–Crippen LogP) is 6.61. The average Bonchev–Trinajstić information content (AvgIpc) is 3.20. The molecule has 326 valence electrons. The van der Waals surface area contributed by atoms with E-state index in [4.69, 9.17) is 9.47 Å². The zero-order valence-corrected chi connectivity index (χ0v) is 34.8. The van der Waals surface area contributed by atoms with Crippen LogP contribution >= 0.6 is 0 Å². The van der Waals surface area contributed by atoms with Crippen molar-refractivity contribution in [3.8, 4) is 0 Å². The number of aliphatic hydroxyl groups is 7. The van der Waals surface area contributed by atoms with Crippen molar-refractivity contribution in [3.63, 3.8) is 0 Å². The largest absolute Gasteiger partial charge is 0.394 e. The zero-order chi connectivity index (χ0) is 41.2. The van der Waals surface area contributed by atoms with Crippen LogP contribution in [0.25, 0.3) is 0 Å². The number of carbonyl (C=O) groups excluding carboxylic acids is 1. The first-order valence-electron chi connectivity index (χ1n) is 22.0. The maximum Gasteiger partial charge on any atom is 0.249 e. The quantitative estimate of drug-likeness (QED) is 0.0256. The molecular weight excluding hydrogens is 714 g/mol. The van der Waals surface area contributed by atoms with Crippen molar-refractivity contribution in [2.45, 2.75) is 217 Å². The average molecular weight is 796 g/mol. The van der Waals surface area contributed by atoms with Crippen LogP contribution in [0.4, 0.5) is 0 Å². The second kappa shape index (κ2) is 35.1. The van der Waals surface area contributed by atoms with Crippen molar-refractivity contribution in [1.29, 1.82) is 0 Å². The third kappa shape index (κ3) is 24.8. The molecule has 0 aromatic rings. The molecule has 11 heteroatoms. The van der Waals surface area contributed by atoms with Crippen LogP contribution in [0.15, 0.2) is 48.6 Å². The highest BCUT2D eigenvalue weighted by Crippen LogP contribution is 2.23. The Morgan fingerprint density at radius 1 is 0.607 bits per heavy atom. The van der Waals surface area contributed by atoms with E-state index in [9.17, 15) is 40.5 Å². The summed E-state index contributed by atoms with van der Waals surface area (Å²) in [6, 6.07) is -1.20. The second-order valence-corrected chi connectivity index (χ2v) is 15.4. The van der Waals surface area contributed by atoms with E-state index in [2.05, 4.69) is 67.8 Å². The Morgan fingerprint density at radius 2 is 1.07 bits per heavy atom. The van der Waals surface area contributed by atoms with Crippen molar-refractivity contribution in [2.24, 2.45) is 0 Å². The van der Waals surface area contributed by atoms with E-state index in [1.165, 1.54) is 57.8 Å². The lowest BCUT2D eigenvalue weighted by Gasteiger charge is -2.40. The van der Waals surface area contributed by atoms with Crippen LogP contribution in [0.1, 0.15) is 162 Å². The van der Waals surface area contributed by atoms with Crippen LogP contribution in [-0.4, -0.2) is 110 Å². The summed E-state index contributed by atoms with van der Waals surface area (Å²) in [6.07, 6.45) is 28.8. The summed E-state index contributed by atoms with van der Waals surface area (Å²) in [5.74, 6) is -0.727. The molecule has 1 aliphatic heterocycles. The Bertz CT molecular complexity index is 1050. The fourth-order valence-corrected chi connectivity index (χ4v) is 6.58. The van der Waals surface area contributed by atoms with Crippen LogP contribution in [-0.2, 0) is 14.3 Å². The molecule has 0 saturated carbocycles. The van der Waals surface area contributed by atoms with Gasteiger partial charge in [-0.05, 0) is 89.9 Å². The summed E-state index contributed by atoms with van der Waals surface area (Å²) >= 11 is 0. The van der Waals surface area contributed by atoms with Gasteiger partial charge in [0.15, 0.2) is 6.29 Å². The van der Waals surface area contributed by atoms with Crippen LogP contribution in [0.2, 0.25) is 0 Å². The molecule has 1 aliphatic rings. The number of unbranched alkanes of at least 4 members (excludes halogenated alkanes) is 15. The summed E-state index contributed by atoms with van der Waals surface area (Å²) in [7, 11) is 0. The minimum atomic E-state index is -1.67. The van der Waals surface area contributed by atoms with Gasteiger partial charge in [-0.25, -0.2) is 0 Å². The van der Waals surface area contributed by atoms with Gasteiger partial charge in [0.1, 0.15) is 36.6 Å². The molecule has 0 aromatic heterocycles. The molecule has 1 amide bonds. The van der Waals surface area contributed by atoms with Gasteiger partial charge in [-0.3, -0.25) is 4.79 Å². The van der Waals surface area contributed by atoms with Crippen LogP contribution in [0.3, 0.4) is 0 Å². The number of ether oxygens (including phenoxy) is 2. The summed E-state index contributed by atoms with van der Waals surface area (Å²) in [5, 5.41) is 75.4. The molecule has 0 aliphatic carbocycles. The summed E-state index contributed by atoms with van der Waals surface area (Å²) < 4.78 is 11.0. The highest BCUT2D eigenvalue weighted by atomic mass is 16.7. The summed E-state index contributed by atoms with van der Waals surface area (Å²) in [4.78, 5) is 13.0. The first-order chi connectivity index (χ1) is 27.2. The van der Waals surface area contributed by atoms with E-state index in [-0.39, 0.29) is 12.8 Å². The number of aliphatic hydroxyl groups excluding tert-OH is 7. The lowest BCUT2D eigenvalue weighted by molar-refractivity contribution is -0.303. The van der Waals surface area contributed by atoms with Crippen LogP contribution < -0.4 is 5.32 Å². The van der Waals surface area contributed by atoms with Gasteiger partial charge < -0.3 is 50.5 Å². The van der Waals surface area contributed by atoms with E-state index in [0.717, 1.165) is 57.8 Å². The monoisotopic (exact) mass is 796 g/mol. The summed E-state index contributed by atoms with van der Waals surface area (Å²) in [6.45, 7) is 3.34. The lowest BCUT2D eigenvalue weighted by atomic mass is 9.98. The molecule has 11 nitrogen and oxygen atoms in total. The van der Waals surface area contributed by atoms with E-state index in [0.29, 0.717) is 19.3 Å². The van der Waals surface area contributed by atoms with Gasteiger partial charge >= 0.3 is 0 Å². The van der Waals surface area contributed by atoms with Crippen LogP contribution in [0, 0.1) is 0 Å². The number of amides is 1. The summed E-state index contributed by atoms with van der Waals surface area (Å²) in [5.41, 5.74) is 0. The molecule has 1 saturated heterocycles. The molecule has 8 N–H and O–H groups in total. The highest BCUT2D eigenvalue weighted by molar-refractivity contribution is 5.80. The number of carbonyl (C=O) groups is 1. The SMILES string of the molecule is CCCCC/C=C\CCCCCCC(O)C(=O)NC(COC1OC(CO)C(O)C(O)C1O)C(O)C(O)CCC/C=C/CC/C=C/CC/C=C/CCCCCCC. The topological polar surface area (TPSA) is 189 Å². The van der Waals surface area contributed by atoms with E-state index in [1.54, 1.807) is 0 Å². The fourth-order valence-electron chi connectivity index (χ4n) is 6.58. The first-order valence-corrected chi connectivity index (χ1v) is 22.0. The third-order valence-electron chi connectivity index (χ3n) is 10.3. The molecule has 9 unspecified atom stereocenters. The Hall–Kier alpha value is -1.93. The fraction of sp³-hybridized carbons (Fsp3) is 0.800. The van der Waals surface area contributed by atoms with Crippen molar-refractivity contribution >= 4 is 5.91 Å². The van der Waals surface area contributed by atoms with Crippen molar-refractivity contribution < 1.29 is 50.0 Å². The molecule has 1 heterocycles. The predicted molar refractivity (Wildman–Crippen MR) is 224 cm³/mol. The number of hydrogen-bond acceptors (Lipinski definition) is 10. The molecule has 0 radical (unpaired) electrons. The van der Waals surface area contributed by atoms with Gasteiger partial charge in [-0.2, -0.15) is 0 Å². The van der Waals surface area contributed by atoms with E-state index in [1.807, 2.05) is 0 Å². The molecule has 0 aromatic carbocycles. The third-order valence-corrected chi connectivity index (χ3v) is 10.3. The Morgan fingerprint density at radius 3 is 1.61 bits per heavy atom.